The first-order valence-electron chi connectivity index (χ1n) is 14.6. The van der Waals surface area contributed by atoms with Gasteiger partial charge in [-0.05, 0) is 78.4 Å². The Morgan fingerprint density at radius 2 is 1.00 bits per heavy atom. The molecule has 0 amide bonds. The average molecular weight is 521 g/mol. The highest BCUT2D eigenvalue weighted by Crippen LogP contribution is 2.61. The Morgan fingerprint density at radius 3 is 1.71 bits per heavy atom. The fourth-order valence-corrected chi connectivity index (χ4v) is 8.21. The van der Waals surface area contributed by atoms with E-state index in [1.54, 1.807) is 0 Å². The van der Waals surface area contributed by atoms with Crippen LogP contribution in [0.15, 0.2) is 152 Å². The quantitative estimate of drug-likeness (QED) is 0.217. The van der Waals surface area contributed by atoms with Crippen LogP contribution >= 0.6 is 0 Å². The van der Waals surface area contributed by atoms with Crippen LogP contribution in [0.5, 0.6) is 0 Å². The Morgan fingerprint density at radius 1 is 0.439 bits per heavy atom. The second kappa shape index (κ2) is 8.53. The summed E-state index contributed by atoms with van der Waals surface area (Å²) in [6.45, 7) is 0. The second-order valence-electron chi connectivity index (χ2n) is 11.6. The first-order valence-corrected chi connectivity index (χ1v) is 14.6. The minimum absolute atomic E-state index is 0.254. The molecule has 3 aliphatic rings. The van der Waals surface area contributed by atoms with Crippen LogP contribution in [-0.2, 0) is 5.41 Å². The van der Waals surface area contributed by atoms with E-state index in [9.17, 15) is 0 Å². The summed E-state index contributed by atoms with van der Waals surface area (Å²) in [6, 6.07) is 52.0. The van der Waals surface area contributed by atoms with E-state index in [0.717, 1.165) is 6.42 Å². The van der Waals surface area contributed by atoms with Crippen molar-refractivity contribution in [3.8, 4) is 22.3 Å². The van der Waals surface area contributed by atoms with Crippen molar-refractivity contribution in [1.29, 1.82) is 0 Å². The lowest BCUT2D eigenvalue weighted by Gasteiger charge is -2.40. The number of rotatable bonds is 3. The van der Waals surface area contributed by atoms with Crippen LogP contribution in [0, 0.1) is 5.92 Å². The van der Waals surface area contributed by atoms with Gasteiger partial charge in [0, 0.05) is 5.92 Å². The third-order valence-corrected chi connectivity index (χ3v) is 9.80. The summed E-state index contributed by atoms with van der Waals surface area (Å²) in [7, 11) is 0. The third-order valence-electron chi connectivity index (χ3n) is 9.80. The minimum atomic E-state index is -0.254. The summed E-state index contributed by atoms with van der Waals surface area (Å²) < 4.78 is 0. The Kier molecular flexibility index (Phi) is 4.75. The SMILES string of the molecule is C1=C(c2ccc3c4c(cccc24)-c2ccccc2-3)CC2C(=C1)c1ccccc1C2(c1ccccc1)c1ccccc1. The van der Waals surface area contributed by atoms with Gasteiger partial charge >= 0.3 is 0 Å². The predicted octanol–water partition coefficient (Wildman–Crippen LogP) is 10.3. The largest absolute Gasteiger partial charge is 0.0622 e. The zero-order chi connectivity index (χ0) is 27.0. The molecule has 6 aromatic carbocycles. The van der Waals surface area contributed by atoms with Crippen molar-refractivity contribution in [3.05, 3.63) is 179 Å². The minimum Gasteiger partial charge on any atom is -0.0622 e. The predicted molar refractivity (Wildman–Crippen MR) is 172 cm³/mol. The van der Waals surface area contributed by atoms with Crippen molar-refractivity contribution in [2.75, 3.05) is 0 Å². The number of benzene rings is 6. The Balaban J connectivity index is 1.28. The molecule has 0 saturated heterocycles. The molecule has 3 aliphatic carbocycles. The van der Waals surface area contributed by atoms with E-state index in [1.165, 1.54) is 72.0 Å². The molecule has 41 heavy (non-hydrogen) atoms. The monoisotopic (exact) mass is 520 g/mol. The molecule has 0 nitrogen and oxygen atoms in total. The van der Waals surface area contributed by atoms with Crippen LogP contribution in [0.2, 0.25) is 0 Å². The van der Waals surface area contributed by atoms with Crippen molar-refractivity contribution in [3.63, 3.8) is 0 Å². The summed E-state index contributed by atoms with van der Waals surface area (Å²) >= 11 is 0. The summed E-state index contributed by atoms with van der Waals surface area (Å²) in [6.07, 6.45) is 5.81. The maximum Gasteiger partial charge on any atom is 0.0529 e. The van der Waals surface area contributed by atoms with Gasteiger partial charge in [0.2, 0.25) is 0 Å². The van der Waals surface area contributed by atoms with Crippen molar-refractivity contribution >= 4 is 21.9 Å². The van der Waals surface area contributed by atoms with Crippen molar-refractivity contribution < 1.29 is 0 Å². The molecule has 0 bridgehead atoms. The van der Waals surface area contributed by atoms with E-state index in [2.05, 4.69) is 152 Å². The molecule has 1 atom stereocenters. The fraction of sp³-hybridized carbons (Fsp3) is 0.0732. The zero-order valence-electron chi connectivity index (χ0n) is 22.7. The number of fused-ring (bicyclic) bond motifs is 6. The maximum atomic E-state index is 2.42. The van der Waals surface area contributed by atoms with Gasteiger partial charge in [-0.3, -0.25) is 0 Å². The van der Waals surface area contributed by atoms with Crippen molar-refractivity contribution in [2.24, 2.45) is 5.92 Å². The van der Waals surface area contributed by atoms with Crippen molar-refractivity contribution in [2.45, 2.75) is 11.8 Å². The van der Waals surface area contributed by atoms with Gasteiger partial charge in [-0.15, -0.1) is 0 Å². The zero-order valence-corrected chi connectivity index (χ0v) is 22.7. The van der Waals surface area contributed by atoms with Gasteiger partial charge in [0.15, 0.2) is 0 Å². The van der Waals surface area contributed by atoms with E-state index in [1.807, 2.05) is 0 Å². The number of hydrogen-bond acceptors (Lipinski definition) is 0. The molecule has 0 radical (unpaired) electrons. The molecule has 0 spiro atoms. The normalized spacial score (nSPS) is 17.4. The molecule has 6 aromatic rings. The highest BCUT2D eigenvalue weighted by molar-refractivity contribution is 6.17. The fourth-order valence-electron chi connectivity index (χ4n) is 8.21. The molecular formula is C41H28. The summed E-state index contributed by atoms with van der Waals surface area (Å²) in [4.78, 5) is 0. The van der Waals surface area contributed by atoms with Crippen LogP contribution in [0.25, 0.3) is 44.2 Å². The van der Waals surface area contributed by atoms with Crippen molar-refractivity contribution in [1.82, 2.24) is 0 Å². The van der Waals surface area contributed by atoms with Crippen LogP contribution < -0.4 is 0 Å². The Bertz CT molecular complexity index is 1990. The van der Waals surface area contributed by atoms with Gasteiger partial charge in [-0.2, -0.15) is 0 Å². The highest BCUT2D eigenvalue weighted by atomic mass is 14.5. The number of allylic oxidation sites excluding steroid dienone is 4. The highest BCUT2D eigenvalue weighted by Gasteiger charge is 2.52. The Hall–Kier alpha value is -4.94. The van der Waals surface area contributed by atoms with E-state index in [-0.39, 0.29) is 5.41 Å². The van der Waals surface area contributed by atoms with E-state index in [0.29, 0.717) is 5.92 Å². The molecule has 9 rings (SSSR count). The molecule has 0 aromatic heterocycles. The molecule has 0 heteroatoms. The number of hydrogen-bond donors (Lipinski definition) is 0. The van der Waals surface area contributed by atoms with Crippen LogP contribution in [0.1, 0.15) is 34.2 Å². The van der Waals surface area contributed by atoms with Gasteiger partial charge in [-0.1, -0.05) is 152 Å². The van der Waals surface area contributed by atoms with Gasteiger partial charge < -0.3 is 0 Å². The molecule has 0 N–H and O–H groups in total. The summed E-state index contributed by atoms with van der Waals surface area (Å²) in [5.41, 5.74) is 14.9. The lowest BCUT2D eigenvalue weighted by molar-refractivity contribution is 0.489. The molecule has 1 unspecified atom stereocenters. The topological polar surface area (TPSA) is 0 Å². The lowest BCUT2D eigenvalue weighted by Crippen LogP contribution is -2.35. The van der Waals surface area contributed by atoms with Gasteiger partial charge in [0.05, 0.1) is 5.41 Å². The summed E-state index contributed by atoms with van der Waals surface area (Å²) in [5, 5.41) is 2.76. The average Bonchev–Trinajstić information content (AvgIpc) is 3.54. The van der Waals surface area contributed by atoms with Crippen LogP contribution in [0.4, 0.5) is 0 Å². The van der Waals surface area contributed by atoms with Gasteiger partial charge in [-0.25, -0.2) is 0 Å². The summed E-state index contributed by atoms with van der Waals surface area (Å²) in [5.74, 6) is 0.296. The first-order chi connectivity index (χ1) is 20.4. The second-order valence-corrected chi connectivity index (χ2v) is 11.6. The molecule has 192 valence electrons. The molecule has 0 heterocycles. The molecule has 0 fully saturated rings. The van der Waals surface area contributed by atoms with E-state index in [4.69, 9.17) is 0 Å². The van der Waals surface area contributed by atoms with E-state index >= 15 is 0 Å². The molecular weight excluding hydrogens is 492 g/mol. The smallest absolute Gasteiger partial charge is 0.0529 e. The Labute approximate surface area is 240 Å². The van der Waals surface area contributed by atoms with Gasteiger partial charge in [0.25, 0.3) is 0 Å². The van der Waals surface area contributed by atoms with Crippen LogP contribution in [0.3, 0.4) is 0 Å². The lowest BCUT2D eigenvalue weighted by atomic mass is 9.62. The third kappa shape index (κ3) is 3.00. The van der Waals surface area contributed by atoms with E-state index < -0.39 is 0 Å². The first kappa shape index (κ1) is 22.8. The maximum absolute atomic E-state index is 2.42. The van der Waals surface area contributed by atoms with Gasteiger partial charge in [0.1, 0.15) is 0 Å². The molecule has 0 aliphatic heterocycles. The standard InChI is InChI=1S/C41H28/c1-3-12-28(13-4-1)41(29-14-5-2-6-15-29)38-21-10-9-18-33(38)34-23-22-27(26-39(34)41)30-24-25-37-32-17-8-7-16-31(32)36-20-11-19-35(30)40(36)37/h1-25,39H,26H2. The molecule has 0 saturated carbocycles. The van der Waals surface area contributed by atoms with Crippen LogP contribution in [-0.4, -0.2) is 0 Å².